The molecule has 1 aliphatic heterocycles. The number of nitrogens with one attached hydrogen (secondary N) is 1. The van der Waals surface area contributed by atoms with Crippen molar-refractivity contribution in [1.29, 1.82) is 0 Å². The molecule has 7 nitrogen and oxygen atoms in total. The third-order valence-electron chi connectivity index (χ3n) is 5.99. The Kier molecular flexibility index (Phi) is 10.3. The summed E-state index contributed by atoms with van der Waals surface area (Å²) in [6.07, 6.45) is 5.59. The van der Waals surface area contributed by atoms with E-state index in [0.29, 0.717) is 17.1 Å². The van der Waals surface area contributed by atoms with Crippen LogP contribution in [0, 0.1) is 0 Å². The first-order valence-corrected chi connectivity index (χ1v) is 13.8. The molecule has 37 heavy (non-hydrogen) atoms. The lowest BCUT2D eigenvalue weighted by atomic mass is 9.94. The average molecular weight is 626 g/mol. The summed E-state index contributed by atoms with van der Waals surface area (Å²) in [6, 6.07) is 25.1. The number of hydrogen-bond donors (Lipinski definition) is 1. The predicted molar refractivity (Wildman–Crippen MR) is 155 cm³/mol. The van der Waals surface area contributed by atoms with E-state index in [1.807, 2.05) is 5.38 Å². The zero-order valence-electron chi connectivity index (χ0n) is 20.2. The summed E-state index contributed by atoms with van der Waals surface area (Å²) in [6.45, 7) is 3.42. The Morgan fingerprint density at radius 3 is 2.27 bits per heavy atom. The fourth-order valence-electron chi connectivity index (χ4n) is 4.27. The summed E-state index contributed by atoms with van der Waals surface area (Å²) in [5, 5.41) is 5.44. The lowest BCUT2D eigenvalue weighted by molar-refractivity contribution is 0.0834. The van der Waals surface area contributed by atoms with Crippen LogP contribution in [0.1, 0.15) is 37.3 Å². The van der Waals surface area contributed by atoms with Crippen molar-refractivity contribution in [3.63, 3.8) is 0 Å². The van der Waals surface area contributed by atoms with Gasteiger partial charge in [0.15, 0.2) is 11.3 Å². The molecular weight excluding hydrogens is 597 g/mol. The first-order chi connectivity index (χ1) is 18.2. The van der Waals surface area contributed by atoms with Crippen LogP contribution in [0.5, 0.6) is 0 Å². The van der Waals surface area contributed by atoms with Gasteiger partial charge < -0.3 is 5.32 Å². The van der Waals surface area contributed by atoms with Crippen LogP contribution < -0.4 is 5.32 Å². The number of halogens is 1. The lowest BCUT2D eigenvalue weighted by Gasteiger charge is -2.44. The molecule has 0 saturated carbocycles. The van der Waals surface area contributed by atoms with E-state index < -0.39 is 0 Å². The molecular formula is C28H28IN5O2S. The molecule has 9 heteroatoms. The number of aldehydes is 1. The molecule has 0 bridgehead atoms. The standard InChI is InChI=1S/C22H23IN4OS.C6H5NO/c23-26-12-13-27(19(16-26)15-25-21(28)22-24-11-14-29-22)20(17-7-3-1-4-8-17)18-9-5-2-6-10-18;8-5-6-2-1-3-7-4-6/h1-11,14,19-20H,12-13,15-16H2,(H,25,28);1-5H. The molecule has 2 aromatic heterocycles. The smallest absolute Gasteiger partial charge is 0.280 e. The van der Waals surface area contributed by atoms with Gasteiger partial charge >= 0.3 is 0 Å². The molecule has 3 heterocycles. The molecule has 1 saturated heterocycles. The maximum Gasteiger partial charge on any atom is 0.280 e. The van der Waals surface area contributed by atoms with Crippen molar-refractivity contribution in [3.8, 4) is 0 Å². The van der Waals surface area contributed by atoms with Gasteiger partial charge in [-0.05, 0) is 23.3 Å². The van der Waals surface area contributed by atoms with Gasteiger partial charge in [-0.1, -0.05) is 60.7 Å². The van der Waals surface area contributed by atoms with Crippen LogP contribution in [-0.4, -0.2) is 62.4 Å². The molecule has 1 aliphatic rings. The van der Waals surface area contributed by atoms with Crippen molar-refractivity contribution in [2.45, 2.75) is 12.1 Å². The summed E-state index contributed by atoms with van der Waals surface area (Å²) in [5.74, 6) is -0.0958. The molecule has 1 amide bonds. The third-order valence-corrected chi connectivity index (χ3v) is 7.63. The minimum Gasteiger partial charge on any atom is -0.348 e. The summed E-state index contributed by atoms with van der Waals surface area (Å²) >= 11 is 3.76. The van der Waals surface area contributed by atoms with E-state index in [1.54, 1.807) is 24.5 Å². The second-order valence-corrected chi connectivity index (χ2v) is 10.7. The highest BCUT2D eigenvalue weighted by atomic mass is 127. The highest BCUT2D eigenvalue weighted by Gasteiger charge is 2.33. The van der Waals surface area contributed by atoms with Gasteiger partial charge in [0.1, 0.15) is 0 Å². The summed E-state index contributed by atoms with van der Waals surface area (Å²) < 4.78 is 2.31. The third kappa shape index (κ3) is 7.75. The average Bonchev–Trinajstić information content (AvgIpc) is 3.50. The van der Waals surface area contributed by atoms with E-state index in [0.717, 1.165) is 25.9 Å². The molecule has 2 aromatic carbocycles. The normalized spacial score (nSPS) is 16.0. The molecule has 0 radical (unpaired) electrons. The highest BCUT2D eigenvalue weighted by Crippen LogP contribution is 2.32. The fraction of sp³-hybridized carbons (Fsp3) is 0.214. The number of carbonyl (C=O) groups excluding carboxylic acids is 2. The van der Waals surface area contributed by atoms with Crippen LogP contribution in [-0.2, 0) is 0 Å². The molecule has 5 rings (SSSR count). The van der Waals surface area contributed by atoms with E-state index in [-0.39, 0.29) is 18.0 Å². The van der Waals surface area contributed by atoms with Gasteiger partial charge in [-0.3, -0.25) is 19.5 Å². The minimum absolute atomic E-state index is 0.0958. The number of rotatable bonds is 7. The topological polar surface area (TPSA) is 78.4 Å². The first-order valence-electron chi connectivity index (χ1n) is 11.9. The van der Waals surface area contributed by atoms with Gasteiger partial charge in [0.2, 0.25) is 0 Å². The number of thiazole rings is 1. The van der Waals surface area contributed by atoms with Crippen molar-refractivity contribution < 1.29 is 9.59 Å². The van der Waals surface area contributed by atoms with Crippen molar-refractivity contribution in [2.75, 3.05) is 26.2 Å². The van der Waals surface area contributed by atoms with Crippen LogP contribution in [0.3, 0.4) is 0 Å². The molecule has 0 aliphatic carbocycles. The predicted octanol–water partition coefficient (Wildman–Crippen LogP) is 4.89. The van der Waals surface area contributed by atoms with Crippen LogP contribution in [0.2, 0.25) is 0 Å². The number of piperazine rings is 1. The molecule has 1 unspecified atom stereocenters. The number of benzene rings is 2. The first kappa shape index (κ1) is 27.1. The van der Waals surface area contributed by atoms with Gasteiger partial charge in [-0.25, -0.2) is 8.10 Å². The maximum absolute atomic E-state index is 12.4. The SMILES string of the molecule is O=C(NCC1CN(I)CCN1C(c1ccccc1)c1ccccc1)c1nccs1.O=Cc1cccnc1. The largest absolute Gasteiger partial charge is 0.348 e. The molecule has 1 atom stereocenters. The van der Waals surface area contributed by atoms with E-state index in [4.69, 9.17) is 0 Å². The van der Waals surface area contributed by atoms with Gasteiger partial charge in [0.25, 0.3) is 5.91 Å². The second kappa shape index (κ2) is 14.1. The van der Waals surface area contributed by atoms with Gasteiger partial charge in [-0.15, -0.1) is 11.3 Å². The Morgan fingerprint density at radius 2 is 1.73 bits per heavy atom. The number of pyridine rings is 1. The van der Waals surface area contributed by atoms with Crippen LogP contribution in [0.4, 0.5) is 0 Å². The number of amides is 1. The van der Waals surface area contributed by atoms with Crippen molar-refractivity contribution in [3.05, 3.63) is 118 Å². The van der Waals surface area contributed by atoms with Crippen molar-refractivity contribution in [2.24, 2.45) is 0 Å². The van der Waals surface area contributed by atoms with Crippen LogP contribution in [0.15, 0.2) is 96.8 Å². The van der Waals surface area contributed by atoms with Gasteiger partial charge in [0, 0.05) is 84.6 Å². The number of nitrogens with zero attached hydrogens (tertiary/aromatic N) is 4. The zero-order chi connectivity index (χ0) is 25.9. The van der Waals surface area contributed by atoms with Crippen LogP contribution in [0.25, 0.3) is 0 Å². The summed E-state index contributed by atoms with van der Waals surface area (Å²) in [4.78, 5) is 32.8. The summed E-state index contributed by atoms with van der Waals surface area (Å²) in [5.41, 5.74) is 3.17. The molecule has 190 valence electrons. The minimum atomic E-state index is -0.0958. The fourth-order valence-corrected chi connectivity index (χ4v) is 5.49. The Balaban J connectivity index is 0.000000342. The van der Waals surface area contributed by atoms with E-state index in [9.17, 15) is 9.59 Å². The number of carbonyl (C=O) groups is 2. The van der Waals surface area contributed by atoms with Crippen molar-refractivity contribution in [1.82, 2.24) is 23.3 Å². The quantitative estimate of drug-likeness (QED) is 0.179. The molecule has 1 fully saturated rings. The Bertz CT molecular complexity index is 1190. The van der Waals surface area contributed by atoms with Gasteiger partial charge in [0.05, 0.1) is 6.04 Å². The lowest BCUT2D eigenvalue weighted by Crippen LogP contribution is -2.55. The Labute approximate surface area is 235 Å². The Morgan fingerprint density at radius 1 is 1.03 bits per heavy atom. The number of hydrogen-bond acceptors (Lipinski definition) is 7. The number of aromatic nitrogens is 2. The molecule has 4 aromatic rings. The second-order valence-electron chi connectivity index (χ2n) is 8.44. The molecule has 0 spiro atoms. The van der Waals surface area contributed by atoms with E-state index in [1.165, 1.54) is 28.7 Å². The van der Waals surface area contributed by atoms with Crippen molar-refractivity contribution >= 4 is 46.4 Å². The zero-order valence-corrected chi connectivity index (χ0v) is 23.2. The van der Waals surface area contributed by atoms with Gasteiger partial charge in [-0.2, -0.15) is 0 Å². The van der Waals surface area contributed by atoms with E-state index in [2.05, 4.69) is 107 Å². The Hall–Kier alpha value is -2.99. The van der Waals surface area contributed by atoms with Crippen LogP contribution >= 0.6 is 34.2 Å². The highest BCUT2D eigenvalue weighted by molar-refractivity contribution is 14.1. The van der Waals surface area contributed by atoms with E-state index >= 15 is 0 Å². The maximum atomic E-state index is 12.4. The summed E-state index contributed by atoms with van der Waals surface area (Å²) in [7, 11) is 0. The molecule has 1 N–H and O–H groups in total. The monoisotopic (exact) mass is 625 g/mol.